The van der Waals surface area contributed by atoms with Gasteiger partial charge in [-0.15, -0.1) is 0 Å². The van der Waals surface area contributed by atoms with Crippen molar-refractivity contribution in [3.8, 4) is 11.5 Å². The van der Waals surface area contributed by atoms with Crippen LogP contribution in [0.4, 0.5) is 5.69 Å². The van der Waals surface area contributed by atoms with Gasteiger partial charge in [-0.2, -0.15) is 0 Å². The van der Waals surface area contributed by atoms with Crippen LogP contribution in [0, 0.1) is 6.92 Å². The molecule has 2 amide bonds. The van der Waals surface area contributed by atoms with Gasteiger partial charge >= 0.3 is 0 Å². The molecule has 2 aromatic rings. The van der Waals surface area contributed by atoms with Crippen LogP contribution >= 0.6 is 0 Å². The molecule has 3 rings (SSSR count). The summed E-state index contributed by atoms with van der Waals surface area (Å²) in [6.07, 6.45) is 1.45. The molecule has 1 atom stereocenters. The molecule has 1 saturated heterocycles. The smallest absolute Gasteiger partial charge is 0.261 e. The van der Waals surface area contributed by atoms with Crippen LogP contribution in [-0.2, 0) is 9.59 Å². The Morgan fingerprint density at radius 1 is 1.15 bits per heavy atom. The van der Waals surface area contributed by atoms with Crippen LogP contribution in [-0.4, -0.2) is 43.0 Å². The van der Waals surface area contributed by atoms with Crippen molar-refractivity contribution in [2.45, 2.75) is 25.8 Å². The van der Waals surface area contributed by atoms with E-state index in [0.29, 0.717) is 24.4 Å². The molecule has 0 saturated carbocycles. The second-order valence-electron chi connectivity index (χ2n) is 6.57. The number of benzene rings is 2. The highest BCUT2D eigenvalue weighted by Crippen LogP contribution is 2.21. The maximum absolute atomic E-state index is 12.6. The highest BCUT2D eigenvalue weighted by molar-refractivity contribution is 5.97. The van der Waals surface area contributed by atoms with Crippen LogP contribution < -0.4 is 14.8 Å². The third-order valence-corrected chi connectivity index (χ3v) is 4.59. The quantitative estimate of drug-likeness (QED) is 0.851. The number of ether oxygens (including phenoxy) is 2. The minimum absolute atomic E-state index is 0.0736. The Morgan fingerprint density at radius 2 is 1.93 bits per heavy atom. The summed E-state index contributed by atoms with van der Waals surface area (Å²) in [5.74, 6) is 1.02. The number of likely N-dealkylation sites (tertiary alicyclic amines) is 1. The first kappa shape index (κ1) is 18.8. The van der Waals surface area contributed by atoms with Crippen molar-refractivity contribution in [3.05, 3.63) is 54.1 Å². The molecule has 6 heteroatoms. The molecular formula is C21H24N2O4. The average molecular weight is 368 g/mol. The topological polar surface area (TPSA) is 67.9 Å². The minimum Gasteiger partial charge on any atom is -0.497 e. The Morgan fingerprint density at radius 3 is 2.63 bits per heavy atom. The predicted molar refractivity (Wildman–Crippen MR) is 103 cm³/mol. The first-order valence-corrected chi connectivity index (χ1v) is 9.00. The second-order valence-corrected chi connectivity index (χ2v) is 6.57. The van der Waals surface area contributed by atoms with Gasteiger partial charge < -0.3 is 19.7 Å². The number of methoxy groups -OCH3 is 1. The number of anilines is 1. The first-order chi connectivity index (χ1) is 13.1. The van der Waals surface area contributed by atoms with Gasteiger partial charge in [0.15, 0.2) is 6.61 Å². The monoisotopic (exact) mass is 368 g/mol. The SMILES string of the molecule is COc1ccc(NC(=O)C2CCCN2C(=O)COc2cccc(C)c2)cc1. The van der Waals surface area contributed by atoms with E-state index < -0.39 is 6.04 Å². The molecule has 1 unspecified atom stereocenters. The number of nitrogens with one attached hydrogen (secondary N) is 1. The second kappa shape index (κ2) is 8.58. The molecule has 0 aliphatic carbocycles. The zero-order chi connectivity index (χ0) is 19.2. The number of hydrogen-bond acceptors (Lipinski definition) is 4. The Kier molecular flexibility index (Phi) is 5.96. The van der Waals surface area contributed by atoms with Gasteiger partial charge in [0.05, 0.1) is 7.11 Å². The Labute approximate surface area is 159 Å². The van der Waals surface area contributed by atoms with Gasteiger partial charge in [0.1, 0.15) is 17.5 Å². The standard InChI is InChI=1S/C21H24N2O4/c1-15-5-3-6-18(13-15)27-14-20(24)23-12-4-7-19(23)21(25)22-16-8-10-17(26-2)11-9-16/h3,5-6,8-11,13,19H,4,7,12,14H2,1-2H3,(H,22,25). The van der Waals surface area contributed by atoms with E-state index in [9.17, 15) is 9.59 Å². The number of rotatable bonds is 6. The fourth-order valence-corrected chi connectivity index (χ4v) is 3.17. The number of hydrogen-bond donors (Lipinski definition) is 1. The van der Waals surface area contributed by atoms with E-state index in [4.69, 9.17) is 9.47 Å². The maximum atomic E-state index is 12.6. The van der Waals surface area contributed by atoms with Crippen molar-refractivity contribution < 1.29 is 19.1 Å². The molecule has 1 fully saturated rings. The highest BCUT2D eigenvalue weighted by atomic mass is 16.5. The van der Waals surface area contributed by atoms with Gasteiger partial charge in [0, 0.05) is 12.2 Å². The Balaban J connectivity index is 1.58. The van der Waals surface area contributed by atoms with Crippen LogP contribution in [0.3, 0.4) is 0 Å². The maximum Gasteiger partial charge on any atom is 0.261 e. The van der Waals surface area contributed by atoms with E-state index in [-0.39, 0.29) is 18.4 Å². The summed E-state index contributed by atoms with van der Waals surface area (Å²) in [7, 11) is 1.59. The van der Waals surface area contributed by atoms with Gasteiger partial charge in [-0.3, -0.25) is 9.59 Å². The summed E-state index contributed by atoms with van der Waals surface area (Å²) in [5, 5.41) is 2.87. The van der Waals surface area contributed by atoms with Crippen molar-refractivity contribution in [3.63, 3.8) is 0 Å². The van der Waals surface area contributed by atoms with Gasteiger partial charge in [-0.05, 0) is 61.7 Å². The molecule has 1 aliphatic rings. The molecule has 1 heterocycles. The van der Waals surface area contributed by atoms with Crippen LogP contribution in [0.25, 0.3) is 0 Å². The molecule has 27 heavy (non-hydrogen) atoms. The predicted octanol–water partition coefficient (Wildman–Crippen LogP) is 3.01. The fraction of sp³-hybridized carbons (Fsp3) is 0.333. The van der Waals surface area contributed by atoms with E-state index in [1.807, 2.05) is 31.2 Å². The Bertz CT molecular complexity index is 804. The summed E-state index contributed by atoms with van der Waals surface area (Å²) in [6.45, 7) is 2.46. The molecule has 0 bridgehead atoms. The largest absolute Gasteiger partial charge is 0.497 e. The molecule has 1 N–H and O–H groups in total. The van der Waals surface area contributed by atoms with E-state index in [0.717, 1.165) is 17.7 Å². The third-order valence-electron chi connectivity index (χ3n) is 4.59. The van der Waals surface area contributed by atoms with Crippen molar-refractivity contribution in [1.29, 1.82) is 0 Å². The van der Waals surface area contributed by atoms with Gasteiger partial charge in [0.25, 0.3) is 5.91 Å². The minimum atomic E-state index is -0.472. The lowest BCUT2D eigenvalue weighted by Crippen LogP contribution is -2.45. The molecular weight excluding hydrogens is 344 g/mol. The van der Waals surface area contributed by atoms with Crippen LogP contribution in [0.2, 0.25) is 0 Å². The number of aryl methyl sites for hydroxylation is 1. The van der Waals surface area contributed by atoms with Gasteiger partial charge in [-0.1, -0.05) is 12.1 Å². The first-order valence-electron chi connectivity index (χ1n) is 9.00. The van der Waals surface area contributed by atoms with Crippen LogP contribution in [0.5, 0.6) is 11.5 Å². The van der Waals surface area contributed by atoms with Gasteiger partial charge in [0.2, 0.25) is 5.91 Å². The zero-order valence-corrected chi connectivity index (χ0v) is 15.6. The lowest BCUT2D eigenvalue weighted by Gasteiger charge is -2.24. The molecule has 1 aliphatic heterocycles. The van der Waals surface area contributed by atoms with Crippen LogP contribution in [0.1, 0.15) is 18.4 Å². The summed E-state index contributed by atoms with van der Waals surface area (Å²) in [5.41, 5.74) is 1.74. The van der Waals surface area contributed by atoms with E-state index in [2.05, 4.69) is 5.32 Å². The average Bonchev–Trinajstić information content (AvgIpc) is 3.17. The zero-order valence-electron chi connectivity index (χ0n) is 15.6. The highest BCUT2D eigenvalue weighted by Gasteiger charge is 2.34. The Hall–Kier alpha value is -3.02. The summed E-state index contributed by atoms with van der Waals surface area (Å²) >= 11 is 0. The van der Waals surface area contributed by atoms with E-state index >= 15 is 0 Å². The lowest BCUT2D eigenvalue weighted by molar-refractivity contribution is -0.138. The number of carbonyl (C=O) groups excluding carboxylic acids is 2. The number of amides is 2. The van der Waals surface area contributed by atoms with Crippen molar-refractivity contribution >= 4 is 17.5 Å². The van der Waals surface area contributed by atoms with E-state index in [1.165, 1.54) is 0 Å². The molecule has 0 radical (unpaired) electrons. The van der Waals surface area contributed by atoms with Gasteiger partial charge in [-0.25, -0.2) is 0 Å². The molecule has 6 nitrogen and oxygen atoms in total. The summed E-state index contributed by atoms with van der Waals surface area (Å²) in [6, 6.07) is 14.2. The van der Waals surface area contributed by atoms with E-state index in [1.54, 1.807) is 36.3 Å². The fourth-order valence-electron chi connectivity index (χ4n) is 3.17. The summed E-state index contributed by atoms with van der Waals surface area (Å²) in [4.78, 5) is 26.8. The molecule has 0 spiro atoms. The normalized spacial score (nSPS) is 16.1. The summed E-state index contributed by atoms with van der Waals surface area (Å²) < 4.78 is 10.7. The van der Waals surface area contributed by atoms with Crippen molar-refractivity contribution in [2.75, 3.05) is 25.6 Å². The molecule has 0 aromatic heterocycles. The third kappa shape index (κ3) is 4.78. The number of carbonyl (C=O) groups is 2. The van der Waals surface area contributed by atoms with Crippen LogP contribution in [0.15, 0.2) is 48.5 Å². The molecule has 2 aromatic carbocycles. The van der Waals surface area contributed by atoms with Crippen molar-refractivity contribution in [1.82, 2.24) is 4.90 Å². The lowest BCUT2D eigenvalue weighted by atomic mass is 10.2. The number of nitrogens with zero attached hydrogens (tertiary/aromatic N) is 1. The van der Waals surface area contributed by atoms with Crippen molar-refractivity contribution in [2.24, 2.45) is 0 Å². The molecule has 142 valence electrons.